The number of nitrogens with zero attached hydrogens (tertiary/aromatic N) is 1. The first-order chi connectivity index (χ1) is 8.56. The van der Waals surface area contributed by atoms with Crippen LogP contribution in [-0.2, 0) is 9.59 Å². The second-order valence-electron chi connectivity index (χ2n) is 3.54. The Morgan fingerprint density at radius 1 is 1.44 bits per heavy atom. The summed E-state index contributed by atoms with van der Waals surface area (Å²) in [5, 5.41) is 2.64. The smallest absolute Gasteiger partial charge is 0.286 e. The van der Waals surface area contributed by atoms with E-state index < -0.39 is 11.7 Å². The highest BCUT2D eigenvalue weighted by atomic mass is 32.2. The van der Waals surface area contributed by atoms with Crippen LogP contribution in [0.5, 0.6) is 0 Å². The van der Waals surface area contributed by atoms with Crippen LogP contribution in [0.15, 0.2) is 34.2 Å². The maximum absolute atomic E-state index is 13.4. The van der Waals surface area contributed by atoms with Gasteiger partial charge in [-0.2, -0.15) is 4.99 Å². The molecule has 1 aliphatic heterocycles. The van der Waals surface area contributed by atoms with Gasteiger partial charge < -0.3 is 5.32 Å². The molecule has 0 fully saturated rings. The van der Waals surface area contributed by atoms with E-state index in [1.54, 1.807) is 18.2 Å². The Bertz CT molecular complexity index is 581. The summed E-state index contributed by atoms with van der Waals surface area (Å²) in [5.74, 6) is -1.19. The van der Waals surface area contributed by atoms with Crippen LogP contribution in [-0.4, -0.2) is 17.0 Å². The number of carbonyl (C=O) groups excluding carboxylic acids is 2. The van der Waals surface area contributed by atoms with E-state index in [1.165, 1.54) is 19.1 Å². The molecule has 0 saturated carbocycles. The van der Waals surface area contributed by atoms with Gasteiger partial charge >= 0.3 is 0 Å². The number of amides is 2. The van der Waals surface area contributed by atoms with Crippen LogP contribution in [0.1, 0.15) is 12.5 Å². The third-order valence-corrected chi connectivity index (χ3v) is 2.99. The van der Waals surface area contributed by atoms with Crippen molar-refractivity contribution >= 4 is 34.8 Å². The number of hydrogen-bond acceptors (Lipinski definition) is 3. The first-order valence-corrected chi connectivity index (χ1v) is 5.92. The van der Waals surface area contributed by atoms with E-state index in [1.807, 2.05) is 0 Å². The van der Waals surface area contributed by atoms with Gasteiger partial charge in [0.25, 0.3) is 5.91 Å². The number of aliphatic imine (C=N–C) groups is 1. The molecular weight excluding hydrogens is 255 g/mol. The fourth-order valence-electron chi connectivity index (χ4n) is 1.35. The molecule has 0 atom stereocenters. The Morgan fingerprint density at radius 3 is 2.83 bits per heavy atom. The molecule has 1 aromatic rings. The van der Waals surface area contributed by atoms with Crippen molar-refractivity contribution in [3.8, 4) is 0 Å². The van der Waals surface area contributed by atoms with E-state index in [0.717, 1.165) is 11.8 Å². The van der Waals surface area contributed by atoms with E-state index in [0.29, 0.717) is 5.56 Å². The summed E-state index contributed by atoms with van der Waals surface area (Å²) in [7, 11) is 0. The number of rotatable bonds is 1. The Balaban J connectivity index is 2.20. The number of hydrogen-bond donors (Lipinski definition) is 1. The van der Waals surface area contributed by atoms with Crippen molar-refractivity contribution in [2.24, 2.45) is 4.99 Å². The van der Waals surface area contributed by atoms with Gasteiger partial charge in [0.1, 0.15) is 5.82 Å². The monoisotopic (exact) mass is 264 g/mol. The fourth-order valence-corrected chi connectivity index (χ4v) is 2.20. The molecule has 6 heteroatoms. The van der Waals surface area contributed by atoms with E-state index in [2.05, 4.69) is 10.3 Å². The third kappa shape index (κ3) is 2.84. The average Bonchev–Trinajstić information content (AvgIpc) is 2.61. The third-order valence-electron chi connectivity index (χ3n) is 2.10. The Labute approximate surface area is 107 Å². The molecule has 18 heavy (non-hydrogen) atoms. The van der Waals surface area contributed by atoms with E-state index >= 15 is 0 Å². The molecule has 1 heterocycles. The molecule has 1 aromatic carbocycles. The lowest BCUT2D eigenvalue weighted by Gasteiger charge is -1.99. The highest BCUT2D eigenvalue weighted by molar-refractivity contribution is 8.18. The number of benzene rings is 1. The second kappa shape index (κ2) is 5.14. The summed E-state index contributed by atoms with van der Waals surface area (Å²) in [6.07, 6.45) is 1.42. The summed E-state index contributed by atoms with van der Waals surface area (Å²) in [5.41, 5.74) is 0.313. The minimum atomic E-state index is -0.480. The highest BCUT2D eigenvalue weighted by Crippen LogP contribution is 2.27. The largest absolute Gasteiger partial charge is 0.305 e. The Morgan fingerprint density at radius 2 is 2.17 bits per heavy atom. The molecule has 4 nitrogen and oxygen atoms in total. The van der Waals surface area contributed by atoms with E-state index in [4.69, 9.17) is 0 Å². The zero-order valence-corrected chi connectivity index (χ0v) is 10.3. The van der Waals surface area contributed by atoms with Crippen molar-refractivity contribution in [2.75, 3.05) is 0 Å². The molecule has 0 radical (unpaired) electrons. The van der Waals surface area contributed by atoms with Crippen molar-refractivity contribution in [3.05, 3.63) is 40.6 Å². The van der Waals surface area contributed by atoms with Gasteiger partial charge in [0.15, 0.2) is 5.17 Å². The van der Waals surface area contributed by atoms with Gasteiger partial charge in [0.2, 0.25) is 5.91 Å². The first-order valence-electron chi connectivity index (χ1n) is 5.11. The normalized spacial score (nSPS) is 16.9. The molecule has 92 valence electrons. The zero-order valence-electron chi connectivity index (χ0n) is 9.44. The van der Waals surface area contributed by atoms with Gasteiger partial charge in [-0.05, 0) is 23.9 Å². The van der Waals surface area contributed by atoms with Crippen LogP contribution in [0.4, 0.5) is 4.39 Å². The number of carbonyl (C=O) groups is 2. The topological polar surface area (TPSA) is 58.5 Å². The maximum Gasteiger partial charge on any atom is 0.286 e. The quantitative estimate of drug-likeness (QED) is 0.788. The highest BCUT2D eigenvalue weighted by Gasteiger charge is 2.22. The number of thioether (sulfide) groups is 1. The molecule has 2 rings (SSSR count). The molecule has 0 saturated heterocycles. The molecule has 0 bridgehead atoms. The van der Waals surface area contributed by atoms with E-state index in [-0.39, 0.29) is 16.0 Å². The van der Waals surface area contributed by atoms with Crippen LogP contribution in [0.25, 0.3) is 6.08 Å². The standard InChI is InChI=1S/C12H9FN2O2S/c1-7(16)14-12-15-11(17)10(18-12)6-8-4-2-3-5-9(8)13/h2-6H,1H3,(H,14,15,16,17). The van der Waals surface area contributed by atoms with Gasteiger partial charge in [0, 0.05) is 12.5 Å². The molecular formula is C12H9FN2O2S. The minimum absolute atomic E-state index is 0.218. The zero-order chi connectivity index (χ0) is 13.1. The lowest BCUT2D eigenvalue weighted by Crippen LogP contribution is -2.23. The molecule has 0 spiro atoms. The molecule has 0 unspecified atom stereocenters. The lowest BCUT2D eigenvalue weighted by molar-refractivity contribution is -0.117. The van der Waals surface area contributed by atoms with Gasteiger partial charge in [-0.3, -0.25) is 9.59 Å². The maximum atomic E-state index is 13.4. The summed E-state index contributed by atoms with van der Waals surface area (Å²) < 4.78 is 13.4. The second-order valence-corrected chi connectivity index (χ2v) is 4.57. The van der Waals surface area contributed by atoms with Crippen LogP contribution in [0.3, 0.4) is 0 Å². The summed E-state index contributed by atoms with van der Waals surface area (Å²) in [6, 6.07) is 6.12. The van der Waals surface area contributed by atoms with Crippen molar-refractivity contribution in [1.82, 2.24) is 5.32 Å². The molecule has 0 aliphatic carbocycles. The van der Waals surface area contributed by atoms with Crippen LogP contribution in [0, 0.1) is 5.82 Å². The molecule has 1 aliphatic rings. The van der Waals surface area contributed by atoms with Crippen LogP contribution in [0.2, 0.25) is 0 Å². The summed E-state index contributed by atoms with van der Waals surface area (Å²) in [4.78, 5) is 26.3. The van der Waals surface area contributed by atoms with Gasteiger partial charge in [-0.25, -0.2) is 4.39 Å². The first kappa shape index (κ1) is 12.5. The fraction of sp³-hybridized carbons (Fsp3) is 0.0833. The van der Waals surface area contributed by atoms with Crippen molar-refractivity contribution < 1.29 is 14.0 Å². The Kier molecular flexibility index (Phi) is 3.57. The number of nitrogens with one attached hydrogen (secondary N) is 1. The molecule has 1 N–H and O–H groups in total. The Hall–Kier alpha value is -1.95. The van der Waals surface area contributed by atoms with Crippen molar-refractivity contribution in [1.29, 1.82) is 0 Å². The van der Waals surface area contributed by atoms with Gasteiger partial charge in [-0.15, -0.1) is 0 Å². The van der Waals surface area contributed by atoms with Gasteiger partial charge in [0.05, 0.1) is 4.91 Å². The van der Waals surface area contributed by atoms with E-state index in [9.17, 15) is 14.0 Å². The minimum Gasteiger partial charge on any atom is -0.305 e. The van der Waals surface area contributed by atoms with Crippen molar-refractivity contribution in [3.63, 3.8) is 0 Å². The predicted molar refractivity (Wildman–Crippen MR) is 68.2 cm³/mol. The van der Waals surface area contributed by atoms with Crippen LogP contribution < -0.4 is 5.32 Å². The van der Waals surface area contributed by atoms with Crippen LogP contribution >= 0.6 is 11.8 Å². The van der Waals surface area contributed by atoms with Crippen molar-refractivity contribution in [2.45, 2.75) is 6.92 Å². The lowest BCUT2D eigenvalue weighted by atomic mass is 10.2. The number of amidine groups is 1. The van der Waals surface area contributed by atoms with Gasteiger partial charge in [-0.1, -0.05) is 18.2 Å². The summed E-state index contributed by atoms with van der Waals surface area (Å²) >= 11 is 1.01. The average molecular weight is 264 g/mol. The SMILES string of the molecule is CC(=O)NC1=NC(=O)C(=Cc2ccccc2F)S1. The molecule has 2 amide bonds. The molecule has 0 aromatic heterocycles. The number of halogens is 1. The summed E-state index contributed by atoms with van der Waals surface area (Å²) in [6.45, 7) is 1.33. The predicted octanol–water partition coefficient (Wildman–Crippen LogP) is 1.93.